The van der Waals surface area contributed by atoms with Gasteiger partial charge in [-0.15, -0.1) is 0 Å². The zero-order valence-corrected chi connectivity index (χ0v) is 72.4. The Hall–Kier alpha value is -1.94. The number of phosphoric acid groups is 2. The number of carbonyl (C=O) groups excluding carboxylic acids is 4. The van der Waals surface area contributed by atoms with Crippen LogP contribution in [-0.4, -0.2) is 96.7 Å². The van der Waals surface area contributed by atoms with Crippen LogP contribution in [-0.2, 0) is 65.4 Å². The highest BCUT2D eigenvalue weighted by atomic mass is 31.2. The first-order valence-electron chi connectivity index (χ1n) is 45.4. The molecule has 0 saturated carbocycles. The predicted molar refractivity (Wildman–Crippen MR) is 441 cm³/mol. The molecule has 0 aliphatic rings. The number of hydrogen-bond donors (Lipinski definition) is 3. The molecule has 3 N–H and O–H groups in total. The molecule has 19 heteroatoms. The largest absolute Gasteiger partial charge is 0.472 e. The number of aliphatic hydroxyl groups is 1. The molecular weight excluding hydrogens is 1390 g/mol. The first-order valence-corrected chi connectivity index (χ1v) is 48.4. The molecule has 0 aromatic heterocycles. The Kier molecular flexibility index (Phi) is 76.6. The van der Waals surface area contributed by atoms with Crippen LogP contribution in [0.15, 0.2) is 0 Å². The van der Waals surface area contributed by atoms with Gasteiger partial charge >= 0.3 is 39.5 Å². The van der Waals surface area contributed by atoms with E-state index in [1.165, 1.54) is 276 Å². The van der Waals surface area contributed by atoms with Gasteiger partial charge in [-0.25, -0.2) is 9.13 Å². The summed E-state index contributed by atoms with van der Waals surface area (Å²) in [6.07, 6.45) is 69.5. The zero-order valence-electron chi connectivity index (χ0n) is 70.6. The third kappa shape index (κ3) is 80.5. The summed E-state index contributed by atoms with van der Waals surface area (Å²) in [7, 11) is -9.93. The van der Waals surface area contributed by atoms with Crippen molar-refractivity contribution in [3.8, 4) is 0 Å². The van der Waals surface area contributed by atoms with Gasteiger partial charge in [0.05, 0.1) is 26.4 Å². The molecule has 0 aromatic carbocycles. The fraction of sp³-hybridized carbons (Fsp3) is 0.955. The molecule has 0 aliphatic carbocycles. The Morgan fingerprint density at radius 1 is 0.271 bits per heavy atom. The summed E-state index contributed by atoms with van der Waals surface area (Å²) in [6, 6.07) is 0. The molecule has 3 unspecified atom stereocenters. The minimum Gasteiger partial charge on any atom is -0.462 e. The highest BCUT2D eigenvalue weighted by molar-refractivity contribution is 7.47. The smallest absolute Gasteiger partial charge is 0.462 e. The Labute approximate surface area is 658 Å². The molecule has 636 valence electrons. The van der Waals surface area contributed by atoms with Gasteiger partial charge in [-0.05, 0) is 43.4 Å². The van der Waals surface area contributed by atoms with Gasteiger partial charge in [-0.2, -0.15) is 0 Å². The monoisotopic (exact) mass is 1560 g/mol. The van der Waals surface area contributed by atoms with E-state index in [-0.39, 0.29) is 25.7 Å². The average molecular weight is 1560 g/mol. The summed E-state index contributed by atoms with van der Waals surface area (Å²) in [6.45, 7) is 12.0. The molecule has 107 heavy (non-hydrogen) atoms. The van der Waals surface area contributed by atoms with Gasteiger partial charge in [0.25, 0.3) is 0 Å². The maximum Gasteiger partial charge on any atom is 0.472 e. The molecule has 0 radical (unpaired) electrons. The third-order valence-corrected chi connectivity index (χ3v) is 22.9. The minimum absolute atomic E-state index is 0.106. The standard InChI is InChI=1S/C88H172O17P2/c1-8-10-11-12-13-14-15-16-17-18-19-20-21-22-23-28-31-36-41-50-57-64-71-87(92)104-83(75-98-85(90)69-62-55-48-40-35-30-27-25-24-26-29-33-38-45-52-59-66-79(3)4)77-102-106(94,95)100-73-82(89)74-101-107(96,97)103-78-84(76-99-86(91)70-63-56-49-44-43-47-54-61-68-81(7)9-2)105-88(93)72-65-58-51-42-37-32-34-39-46-53-60-67-80(5)6/h79-84,89H,8-78H2,1-7H3,(H,94,95)(H,96,97)/t81?,82-,83-,84-/m1/s1. The number of rotatable bonds is 86. The predicted octanol–water partition coefficient (Wildman–Crippen LogP) is 26.9. The van der Waals surface area contributed by atoms with Gasteiger partial charge in [0.1, 0.15) is 19.3 Å². The molecule has 0 bridgehead atoms. The third-order valence-electron chi connectivity index (χ3n) is 21.0. The van der Waals surface area contributed by atoms with E-state index in [4.69, 9.17) is 37.0 Å². The van der Waals surface area contributed by atoms with E-state index in [1.54, 1.807) is 0 Å². The Balaban J connectivity index is 5.24. The zero-order chi connectivity index (χ0) is 78.6. The van der Waals surface area contributed by atoms with Crippen LogP contribution in [0.5, 0.6) is 0 Å². The molecule has 6 atom stereocenters. The van der Waals surface area contributed by atoms with Crippen LogP contribution in [0.25, 0.3) is 0 Å². The molecule has 0 aromatic rings. The highest BCUT2D eigenvalue weighted by Crippen LogP contribution is 2.45. The van der Waals surface area contributed by atoms with Crippen molar-refractivity contribution < 1.29 is 80.2 Å². The maximum atomic E-state index is 13.2. The average Bonchev–Trinajstić information content (AvgIpc) is 0.930. The SMILES string of the molecule is CCCCCCCCCCCCCCCCCCCCCCCCC(=O)O[C@H](COC(=O)CCCCCCCCCCCCCCCCCCC(C)C)COP(=O)(O)OC[C@@H](O)COP(=O)(O)OC[C@@H](COC(=O)CCCCCCCCCCC(C)CC)OC(=O)CCCCCCCCCCCCCC(C)C. The van der Waals surface area contributed by atoms with Crippen LogP contribution in [0.3, 0.4) is 0 Å². The number of aliphatic hydroxyl groups excluding tert-OH is 1. The van der Waals surface area contributed by atoms with Gasteiger partial charge in [0.15, 0.2) is 12.2 Å². The van der Waals surface area contributed by atoms with Crippen molar-refractivity contribution in [2.45, 2.75) is 484 Å². The van der Waals surface area contributed by atoms with Gasteiger partial charge < -0.3 is 33.8 Å². The van der Waals surface area contributed by atoms with E-state index in [9.17, 15) is 43.2 Å². The topological polar surface area (TPSA) is 237 Å². The second kappa shape index (κ2) is 78.0. The first kappa shape index (κ1) is 105. The van der Waals surface area contributed by atoms with Crippen molar-refractivity contribution in [1.29, 1.82) is 0 Å². The molecule has 0 fully saturated rings. The van der Waals surface area contributed by atoms with E-state index in [2.05, 4.69) is 48.5 Å². The Morgan fingerprint density at radius 3 is 0.710 bits per heavy atom. The number of ether oxygens (including phenoxy) is 4. The van der Waals surface area contributed by atoms with Crippen LogP contribution in [0, 0.1) is 17.8 Å². The molecule has 0 saturated heterocycles. The molecule has 0 aliphatic heterocycles. The van der Waals surface area contributed by atoms with Crippen LogP contribution in [0.2, 0.25) is 0 Å². The van der Waals surface area contributed by atoms with Gasteiger partial charge in [0, 0.05) is 25.7 Å². The van der Waals surface area contributed by atoms with Crippen molar-refractivity contribution in [2.75, 3.05) is 39.6 Å². The second-order valence-corrected chi connectivity index (χ2v) is 35.7. The fourth-order valence-electron chi connectivity index (χ4n) is 13.7. The van der Waals surface area contributed by atoms with Crippen molar-refractivity contribution in [1.82, 2.24) is 0 Å². The molecule has 0 heterocycles. The van der Waals surface area contributed by atoms with Gasteiger partial charge in [-0.1, -0.05) is 414 Å². The number of hydrogen-bond acceptors (Lipinski definition) is 15. The quantitative estimate of drug-likeness (QED) is 0.0222. The second-order valence-electron chi connectivity index (χ2n) is 32.8. The van der Waals surface area contributed by atoms with Crippen LogP contribution in [0.4, 0.5) is 0 Å². The summed E-state index contributed by atoms with van der Waals surface area (Å²) in [5.41, 5.74) is 0. The summed E-state index contributed by atoms with van der Waals surface area (Å²) in [5.74, 6) is 0.252. The molecule has 0 rings (SSSR count). The van der Waals surface area contributed by atoms with Crippen molar-refractivity contribution in [2.24, 2.45) is 17.8 Å². The number of esters is 4. The van der Waals surface area contributed by atoms with Gasteiger partial charge in [-0.3, -0.25) is 37.3 Å². The Bertz CT molecular complexity index is 2060. The fourth-order valence-corrected chi connectivity index (χ4v) is 15.3. The lowest BCUT2D eigenvalue weighted by Gasteiger charge is -2.21. The van der Waals surface area contributed by atoms with E-state index in [1.807, 2.05) is 0 Å². The van der Waals surface area contributed by atoms with E-state index in [0.717, 1.165) is 108 Å². The van der Waals surface area contributed by atoms with Crippen molar-refractivity contribution >= 4 is 39.5 Å². The summed E-state index contributed by atoms with van der Waals surface area (Å²) >= 11 is 0. The minimum atomic E-state index is -4.97. The number of carbonyl (C=O) groups is 4. The molecule has 0 amide bonds. The van der Waals surface area contributed by atoms with E-state index < -0.39 is 97.5 Å². The lowest BCUT2D eigenvalue weighted by Crippen LogP contribution is -2.30. The Morgan fingerprint density at radius 2 is 0.477 bits per heavy atom. The normalized spacial score (nSPS) is 14.1. The van der Waals surface area contributed by atoms with Crippen molar-refractivity contribution in [3.05, 3.63) is 0 Å². The number of phosphoric ester groups is 2. The summed E-state index contributed by atoms with van der Waals surface area (Å²) < 4.78 is 69.0. The highest BCUT2D eigenvalue weighted by Gasteiger charge is 2.31. The van der Waals surface area contributed by atoms with Crippen molar-refractivity contribution in [3.63, 3.8) is 0 Å². The lowest BCUT2D eigenvalue weighted by molar-refractivity contribution is -0.161. The molecule has 17 nitrogen and oxygen atoms in total. The van der Waals surface area contributed by atoms with Gasteiger partial charge in [0.2, 0.25) is 0 Å². The van der Waals surface area contributed by atoms with Crippen LogP contribution >= 0.6 is 15.6 Å². The number of unbranched alkanes of at least 4 members (excludes halogenated alkanes) is 53. The summed E-state index contributed by atoms with van der Waals surface area (Å²) in [5, 5.41) is 10.7. The van der Waals surface area contributed by atoms with Crippen LogP contribution in [0.1, 0.15) is 466 Å². The van der Waals surface area contributed by atoms with E-state index in [0.29, 0.717) is 25.7 Å². The summed E-state index contributed by atoms with van der Waals surface area (Å²) in [4.78, 5) is 73.3. The maximum absolute atomic E-state index is 13.2. The molecular formula is C88H172O17P2. The first-order chi connectivity index (χ1) is 51.8. The molecule has 0 spiro atoms. The lowest BCUT2D eigenvalue weighted by atomic mass is 9.99. The van der Waals surface area contributed by atoms with Crippen LogP contribution < -0.4 is 0 Å². The van der Waals surface area contributed by atoms with E-state index >= 15 is 0 Å².